The summed E-state index contributed by atoms with van der Waals surface area (Å²) < 4.78 is 6.01. The fraction of sp³-hybridized carbons (Fsp3) is 0.452. The van der Waals surface area contributed by atoms with Gasteiger partial charge in [-0.15, -0.1) is 0 Å². The number of allylic oxidation sites excluding steroid dienone is 4. The molecule has 2 fully saturated rings. The maximum atomic E-state index is 9.12. The molecule has 1 saturated heterocycles. The Morgan fingerprint density at radius 2 is 1.40 bits per heavy atom. The van der Waals surface area contributed by atoms with Gasteiger partial charge in [0, 0.05) is 62.2 Å². The molecule has 2 aromatic carbocycles. The zero-order valence-electron chi connectivity index (χ0n) is 21.7. The molecule has 0 spiro atoms. The fourth-order valence-electron chi connectivity index (χ4n) is 6.32. The zero-order chi connectivity index (χ0) is 24.6. The van der Waals surface area contributed by atoms with Crippen LogP contribution in [0.5, 0.6) is 0 Å². The van der Waals surface area contributed by atoms with E-state index in [0.717, 1.165) is 62.9 Å². The van der Waals surface area contributed by atoms with Gasteiger partial charge in [-0.2, -0.15) is 0 Å². The van der Waals surface area contributed by atoms with Crippen LogP contribution in [0.4, 0.5) is 0 Å². The lowest BCUT2D eigenvalue weighted by Crippen LogP contribution is -2.51. The second kappa shape index (κ2) is 9.75. The van der Waals surface area contributed by atoms with Gasteiger partial charge < -0.3 is 10.1 Å². The van der Waals surface area contributed by atoms with Crippen LogP contribution in [0.3, 0.4) is 0 Å². The number of rotatable bonds is 6. The Morgan fingerprint density at radius 3 is 1.97 bits per heavy atom. The second-order valence-corrected chi connectivity index (χ2v) is 11.0. The van der Waals surface area contributed by atoms with Gasteiger partial charge in [-0.25, -0.2) is 0 Å². The number of benzene rings is 2. The van der Waals surface area contributed by atoms with Gasteiger partial charge in [0.15, 0.2) is 0 Å². The molecule has 0 aromatic heterocycles. The molecule has 0 radical (unpaired) electrons. The molecular formula is C31H39N3O. The van der Waals surface area contributed by atoms with Crippen LogP contribution in [0.1, 0.15) is 51.2 Å². The van der Waals surface area contributed by atoms with Crippen LogP contribution < -0.4 is 0 Å². The van der Waals surface area contributed by atoms with Gasteiger partial charge in [0.2, 0.25) is 0 Å². The van der Waals surface area contributed by atoms with Crippen LogP contribution >= 0.6 is 0 Å². The molecule has 1 aliphatic carbocycles. The molecule has 184 valence electrons. The van der Waals surface area contributed by atoms with Gasteiger partial charge in [0.1, 0.15) is 11.5 Å². The zero-order valence-corrected chi connectivity index (χ0v) is 21.7. The summed E-state index contributed by atoms with van der Waals surface area (Å²) in [6.45, 7) is 14.8. The Hall–Kier alpha value is -2.69. The molecule has 4 nitrogen and oxygen atoms in total. The van der Waals surface area contributed by atoms with Crippen LogP contribution in [-0.2, 0) is 4.74 Å². The van der Waals surface area contributed by atoms with Gasteiger partial charge in [-0.05, 0) is 49.5 Å². The van der Waals surface area contributed by atoms with Crippen molar-refractivity contribution in [3.63, 3.8) is 0 Å². The van der Waals surface area contributed by atoms with E-state index in [1.807, 2.05) is 6.92 Å². The van der Waals surface area contributed by atoms with Crippen LogP contribution in [0.15, 0.2) is 83.3 Å². The lowest BCUT2D eigenvalue weighted by atomic mass is 9.83. The van der Waals surface area contributed by atoms with Crippen LogP contribution in [-0.4, -0.2) is 54.8 Å². The van der Waals surface area contributed by atoms with Crippen molar-refractivity contribution in [1.82, 2.24) is 9.80 Å². The van der Waals surface area contributed by atoms with Crippen LogP contribution in [0.2, 0.25) is 0 Å². The normalized spacial score (nSPS) is 25.9. The van der Waals surface area contributed by atoms with E-state index in [1.54, 1.807) is 0 Å². The van der Waals surface area contributed by atoms with Crippen molar-refractivity contribution in [3.05, 3.63) is 94.5 Å². The summed E-state index contributed by atoms with van der Waals surface area (Å²) in [6.07, 6.45) is 0.942. The predicted octanol–water partition coefficient (Wildman–Crippen LogP) is 6.08. The van der Waals surface area contributed by atoms with Gasteiger partial charge in [0.05, 0.1) is 0 Å². The molecule has 1 saturated carbocycles. The third-order valence-corrected chi connectivity index (χ3v) is 8.50. The predicted molar refractivity (Wildman–Crippen MR) is 144 cm³/mol. The summed E-state index contributed by atoms with van der Waals surface area (Å²) in [5.41, 5.74) is 6.09. The highest BCUT2D eigenvalue weighted by atomic mass is 16.5. The maximum absolute atomic E-state index is 9.12. The monoisotopic (exact) mass is 469 g/mol. The molecule has 2 atom stereocenters. The smallest absolute Gasteiger partial charge is 0.101 e. The molecule has 5 rings (SSSR count). The topological polar surface area (TPSA) is 39.6 Å². The van der Waals surface area contributed by atoms with E-state index in [9.17, 15) is 0 Å². The number of hydrogen-bond donors (Lipinski definition) is 1. The average Bonchev–Trinajstić information content (AvgIpc) is 3.14. The molecule has 2 heterocycles. The van der Waals surface area contributed by atoms with E-state index in [-0.39, 0.29) is 11.3 Å². The fourth-order valence-corrected chi connectivity index (χ4v) is 6.32. The molecule has 2 aromatic rings. The molecule has 4 heteroatoms. The van der Waals surface area contributed by atoms with E-state index >= 15 is 0 Å². The quantitative estimate of drug-likeness (QED) is 0.557. The second-order valence-electron chi connectivity index (χ2n) is 11.0. The first kappa shape index (κ1) is 24.0. The van der Waals surface area contributed by atoms with Crippen molar-refractivity contribution < 1.29 is 4.74 Å². The number of piperazine rings is 1. The van der Waals surface area contributed by atoms with Gasteiger partial charge in [0.25, 0.3) is 0 Å². The number of nitrogens with one attached hydrogen (secondary N) is 1. The third kappa shape index (κ3) is 4.74. The summed E-state index contributed by atoms with van der Waals surface area (Å²) in [7, 11) is 0. The SMILES string of the molecule is CC1=C(C)C2C(=N)C(C)(CN3CCN(CC(c4ccccc4)c4ccccc4)CC3)CC2=C(C)O1. The largest absolute Gasteiger partial charge is 0.467 e. The van der Waals surface area contributed by atoms with E-state index in [0.29, 0.717) is 5.92 Å². The minimum atomic E-state index is -0.116. The van der Waals surface area contributed by atoms with Crippen molar-refractivity contribution in [2.24, 2.45) is 11.3 Å². The van der Waals surface area contributed by atoms with Gasteiger partial charge in [-0.3, -0.25) is 9.80 Å². The molecule has 2 unspecified atom stereocenters. The minimum absolute atomic E-state index is 0.116. The lowest BCUT2D eigenvalue weighted by molar-refractivity contribution is 0.108. The number of ether oxygens (including phenoxy) is 1. The maximum Gasteiger partial charge on any atom is 0.101 e. The molecule has 2 aliphatic heterocycles. The van der Waals surface area contributed by atoms with E-state index in [4.69, 9.17) is 10.1 Å². The molecule has 35 heavy (non-hydrogen) atoms. The Labute approximate surface area is 210 Å². The first-order valence-corrected chi connectivity index (χ1v) is 13.0. The van der Waals surface area contributed by atoms with Gasteiger partial charge in [-0.1, -0.05) is 67.6 Å². The summed E-state index contributed by atoms with van der Waals surface area (Å²) in [5, 5.41) is 9.12. The van der Waals surface area contributed by atoms with E-state index in [2.05, 4.69) is 91.2 Å². The first-order chi connectivity index (χ1) is 16.9. The number of fused-ring (bicyclic) bond motifs is 1. The first-order valence-electron chi connectivity index (χ1n) is 13.0. The summed E-state index contributed by atoms with van der Waals surface area (Å²) in [5.74, 6) is 2.53. The minimum Gasteiger partial charge on any atom is -0.467 e. The summed E-state index contributed by atoms with van der Waals surface area (Å²) in [6, 6.07) is 21.9. The van der Waals surface area contributed by atoms with Crippen molar-refractivity contribution in [1.29, 1.82) is 5.41 Å². The molecule has 1 N–H and O–H groups in total. The standard InChI is InChI=1S/C31H39N3O/c1-22-23(2)35-24(3)27-19-31(4,30(32)29(22)27)21-34-17-15-33(16-18-34)20-28(25-11-7-5-8-12-25)26-13-9-6-10-14-26/h5-14,28-29,32H,15-21H2,1-4H3. The van der Waals surface area contributed by atoms with Crippen LogP contribution in [0, 0.1) is 16.7 Å². The highest BCUT2D eigenvalue weighted by molar-refractivity contribution is 5.97. The molecule has 0 amide bonds. The lowest BCUT2D eigenvalue weighted by Gasteiger charge is -2.40. The van der Waals surface area contributed by atoms with Crippen molar-refractivity contribution in [3.8, 4) is 0 Å². The van der Waals surface area contributed by atoms with Crippen molar-refractivity contribution >= 4 is 5.71 Å². The van der Waals surface area contributed by atoms with Crippen molar-refractivity contribution in [2.45, 2.75) is 40.0 Å². The summed E-state index contributed by atoms with van der Waals surface area (Å²) in [4.78, 5) is 5.21. The van der Waals surface area contributed by atoms with Gasteiger partial charge >= 0.3 is 0 Å². The number of hydrogen-bond acceptors (Lipinski definition) is 4. The Kier molecular flexibility index (Phi) is 6.69. The highest BCUT2D eigenvalue weighted by Crippen LogP contribution is 2.50. The molecule has 3 aliphatic rings. The Morgan fingerprint density at radius 1 is 0.857 bits per heavy atom. The Balaban J connectivity index is 1.24. The highest BCUT2D eigenvalue weighted by Gasteiger charge is 2.48. The average molecular weight is 470 g/mol. The third-order valence-electron chi connectivity index (χ3n) is 8.50. The number of nitrogens with zero attached hydrogens (tertiary/aromatic N) is 2. The Bertz CT molecular complexity index is 1090. The van der Waals surface area contributed by atoms with Crippen molar-refractivity contribution in [2.75, 3.05) is 39.3 Å². The molecule has 0 bridgehead atoms. The summed E-state index contributed by atoms with van der Waals surface area (Å²) >= 11 is 0. The van der Waals surface area contributed by atoms with Crippen LogP contribution in [0.25, 0.3) is 0 Å². The van der Waals surface area contributed by atoms with E-state index < -0.39 is 0 Å². The van der Waals surface area contributed by atoms with E-state index in [1.165, 1.54) is 22.3 Å². The molecular weight excluding hydrogens is 430 g/mol.